The molecular weight excluding hydrogens is 458 g/mol. The van der Waals surface area contributed by atoms with Crippen LogP contribution in [0.3, 0.4) is 0 Å². The Kier molecular flexibility index (Phi) is 10.3. The highest BCUT2D eigenvalue weighted by Gasteiger charge is 2.19. The van der Waals surface area contributed by atoms with Gasteiger partial charge >= 0.3 is 0 Å². The predicted molar refractivity (Wildman–Crippen MR) is 115 cm³/mol. The largest absolute Gasteiger partial charge is 0.354 e. The van der Waals surface area contributed by atoms with E-state index in [0.717, 1.165) is 37.5 Å². The number of halogens is 3. The van der Waals surface area contributed by atoms with Gasteiger partial charge in [-0.2, -0.15) is 0 Å². The number of hydrogen-bond donors (Lipinski definition) is 2. The first-order valence-corrected chi connectivity index (χ1v) is 9.01. The van der Waals surface area contributed by atoms with E-state index in [1.54, 1.807) is 13.1 Å². The van der Waals surface area contributed by atoms with Gasteiger partial charge in [0.25, 0.3) is 0 Å². The van der Waals surface area contributed by atoms with Crippen molar-refractivity contribution in [2.75, 3.05) is 26.7 Å². The maximum atomic E-state index is 6.20. The van der Waals surface area contributed by atoms with Crippen LogP contribution in [0.2, 0.25) is 10.0 Å². The first kappa shape index (κ1) is 21.8. The molecular formula is C17H27Cl2IN4. The summed E-state index contributed by atoms with van der Waals surface area (Å²) in [6.45, 7) is 6.38. The van der Waals surface area contributed by atoms with E-state index < -0.39 is 0 Å². The van der Waals surface area contributed by atoms with Gasteiger partial charge in [0.1, 0.15) is 0 Å². The molecule has 0 atom stereocenters. The van der Waals surface area contributed by atoms with Gasteiger partial charge in [0, 0.05) is 42.8 Å². The van der Waals surface area contributed by atoms with Crippen molar-refractivity contribution in [1.82, 2.24) is 15.5 Å². The fourth-order valence-electron chi connectivity index (χ4n) is 2.85. The van der Waals surface area contributed by atoms with Crippen LogP contribution >= 0.6 is 47.2 Å². The number of aliphatic imine (C=N–C) groups is 1. The molecule has 0 saturated carbocycles. The number of rotatable bonds is 5. The number of benzene rings is 1. The molecule has 1 aromatic rings. The Balaban J connectivity index is 0.00000288. The van der Waals surface area contributed by atoms with Crippen molar-refractivity contribution in [2.45, 2.75) is 38.8 Å². The minimum atomic E-state index is 0. The quantitative estimate of drug-likeness (QED) is 0.374. The number of nitrogens with one attached hydrogen (secondary N) is 2. The molecule has 1 aliphatic rings. The van der Waals surface area contributed by atoms with Crippen LogP contribution in [0.25, 0.3) is 0 Å². The molecule has 1 fully saturated rings. The Hall–Kier alpha value is -0.240. The topological polar surface area (TPSA) is 39.7 Å². The van der Waals surface area contributed by atoms with Gasteiger partial charge in [-0.05, 0) is 43.5 Å². The molecule has 136 valence electrons. The van der Waals surface area contributed by atoms with Crippen molar-refractivity contribution >= 4 is 53.1 Å². The van der Waals surface area contributed by atoms with Crippen LogP contribution in [-0.4, -0.2) is 43.6 Å². The summed E-state index contributed by atoms with van der Waals surface area (Å²) in [5, 5.41) is 8.17. The smallest absolute Gasteiger partial charge is 0.191 e. The fourth-order valence-corrected chi connectivity index (χ4v) is 3.32. The number of piperidine rings is 1. The van der Waals surface area contributed by atoms with Crippen molar-refractivity contribution in [2.24, 2.45) is 4.99 Å². The van der Waals surface area contributed by atoms with Crippen LogP contribution in [0.5, 0.6) is 0 Å². The molecule has 1 heterocycles. The van der Waals surface area contributed by atoms with Crippen LogP contribution in [0, 0.1) is 0 Å². The minimum absolute atomic E-state index is 0. The third-order valence-electron chi connectivity index (χ3n) is 4.15. The normalized spacial score (nSPS) is 16.6. The van der Waals surface area contributed by atoms with Gasteiger partial charge in [0.2, 0.25) is 0 Å². The molecule has 0 spiro atoms. The van der Waals surface area contributed by atoms with Crippen molar-refractivity contribution in [3.8, 4) is 0 Å². The molecule has 0 aliphatic carbocycles. The van der Waals surface area contributed by atoms with Gasteiger partial charge in [-0.25, -0.2) is 0 Å². The van der Waals surface area contributed by atoms with Crippen LogP contribution < -0.4 is 10.6 Å². The first-order chi connectivity index (χ1) is 11.1. The van der Waals surface area contributed by atoms with Gasteiger partial charge in [-0.3, -0.25) is 4.99 Å². The molecule has 1 aliphatic heterocycles. The van der Waals surface area contributed by atoms with E-state index in [0.29, 0.717) is 22.6 Å². The Morgan fingerprint density at radius 3 is 2.58 bits per heavy atom. The lowest BCUT2D eigenvalue weighted by Gasteiger charge is -2.32. The second-order valence-electron chi connectivity index (χ2n) is 5.92. The summed E-state index contributed by atoms with van der Waals surface area (Å²) in [6.07, 6.45) is 3.54. The minimum Gasteiger partial charge on any atom is -0.354 e. The summed E-state index contributed by atoms with van der Waals surface area (Å²) in [4.78, 5) is 6.84. The SMILES string of the molecule is CCCN1CCC(NC(=NC)NCc2ccc(Cl)cc2Cl)CC1.I. The highest BCUT2D eigenvalue weighted by molar-refractivity contribution is 14.0. The third kappa shape index (κ3) is 6.94. The van der Waals surface area contributed by atoms with Crippen LogP contribution in [-0.2, 0) is 6.54 Å². The average Bonchev–Trinajstić information content (AvgIpc) is 2.54. The van der Waals surface area contributed by atoms with Gasteiger partial charge in [-0.15, -0.1) is 24.0 Å². The van der Waals surface area contributed by atoms with Gasteiger partial charge < -0.3 is 15.5 Å². The zero-order chi connectivity index (χ0) is 16.7. The highest BCUT2D eigenvalue weighted by Crippen LogP contribution is 2.20. The van der Waals surface area contributed by atoms with E-state index in [-0.39, 0.29) is 24.0 Å². The Bertz CT molecular complexity index is 531. The number of likely N-dealkylation sites (tertiary alicyclic amines) is 1. The van der Waals surface area contributed by atoms with Gasteiger partial charge in [0.05, 0.1) is 0 Å². The standard InChI is InChI=1S/C17H26Cl2N4.HI/c1-3-8-23-9-6-15(7-10-23)22-17(20-2)21-12-13-4-5-14(18)11-16(13)19;/h4-5,11,15H,3,6-10,12H2,1-2H3,(H2,20,21,22);1H. The van der Waals surface area contributed by atoms with Crippen molar-refractivity contribution in [3.05, 3.63) is 33.8 Å². The van der Waals surface area contributed by atoms with E-state index in [1.807, 2.05) is 12.1 Å². The van der Waals surface area contributed by atoms with Crippen LogP contribution in [0.1, 0.15) is 31.7 Å². The van der Waals surface area contributed by atoms with E-state index in [1.165, 1.54) is 13.0 Å². The second kappa shape index (κ2) is 11.4. The Morgan fingerprint density at radius 1 is 1.29 bits per heavy atom. The van der Waals surface area contributed by atoms with Crippen LogP contribution in [0.4, 0.5) is 0 Å². The molecule has 1 aromatic carbocycles. The van der Waals surface area contributed by atoms with Gasteiger partial charge in [-0.1, -0.05) is 36.2 Å². The zero-order valence-corrected chi connectivity index (χ0v) is 18.2. The maximum Gasteiger partial charge on any atom is 0.191 e. The Labute approximate surface area is 172 Å². The molecule has 7 heteroatoms. The molecule has 4 nitrogen and oxygen atoms in total. The molecule has 1 saturated heterocycles. The third-order valence-corrected chi connectivity index (χ3v) is 4.74. The molecule has 0 unspecified atom stereocenters. The van der Waals surface area contributed by atoms with E-state index in [4.69, 9.17) is 23.2 Å². The lowest BCUT2D eigenvalue weighted by Crippen LogP contribution is -2.48. The molecule has 24 heavy (non-hydrogen) atoms. The monoisotopic (exact) mass is 484 g/mol. The predicted octanol–water partition coefficient (Wildman–Crippen LogP) is 4.15. The summed E-state index contributed by atoms with van der Waals surface area (Å²) in [5.41, 5.74) is 1.01. The Morgan fingerprint density at radius 2 is 2.00 bits per heavy atom. The van der Waals surface area contributed by atoms with Crippen molar-refractivity contribution in [3.63, 3.8) is 0 Å². The van der Waals surface area contributed by atoms with Crippen LogP contribution in [0.15, 0.2) is 23.2 Å². The summed E-state index contributed by atoms with van der Waals surface area (Å²) in [7, 11) is 1.80. The number of hydrogen-bond acceptors (Lipinski definition) is 2. The fraction of sp³-hybridized carbons (Fsp3) is 0.588. The number of nitrogens with zero attached hydrogens (tertiary/aromatic N) is 2. The van der Waals surface area contributed by atoms with Crippen molar-refractivity contribution < 1.29 is 0 Å². The van der Waals surface area contributed by atoms with Gasteiger partial charge in [0.15, 0.2) is 5.96 Å². The lowest BCUT2D eigenvalue weighted by molar-refractivity contribution is 0.206. The van der Waals surface area contributed by atoms with Crippen molar-refractivity contribution in [1.29, 1.82) is 0 Å². The van der Waals surface area contributed by atoms with E-state index in [2.05, 4.69) is 27.4 Å². The highest BCUT2D eigenvalue weighted by atomic mass is 127. The first-order valence-electron chi connectivity index (χ1n) is 8.25. The number of guanidine groups is 1. The lowest BCUT2D eigenvalue weighted by atomic mass is 10.1. The molecule has 0 bridgehead atoms. The molecule has 0 radical (unpaired) electrons. The molecule has 2 N–H and O–H groups in total. The molecule has 0 aromatic heterocycles. The van der Waals surface area contributed by atoms with E-state index in [9.17, 15) is 0 Å². The summed E-state index contributed by atoms with van der Waals surface area (Å²) in [6, 6.07) is 6.04. The summed E-state index contributed by atoms with van der Waals surface area (Å²) >= 11 is 12.1. The maximum absolute atomic E-state index is 6.20. The summed E-state index contributed by atoms with van der Waals surface area (Å²) < 4.78 is 0. The summed E-state index contributed by atoms with van der Waals surface area (Å²) in [5.74, 6) is 0.824. The average molecular weight is 485 g/mol. The van der Waals surface area contributed by atoms with E-state index >= 15 is 0 Å². The second-order valence-corrected chi connectivity index (χ2v) is 6.77. The molecule has 0 amide bonds. The zero-order valence-electron chi connectivity index (χ0n) is 14.3. The molecule has 2 rings (SSSR count).